The van der Waals surface area contributed by atoms with E-state index in [2.05, 4.69) is 4.99 Å². The molecular formula is C24H14F3N2O4-. The third kappa shape index (κ3) is 4.08. The first-order valence-corrected chi connectivity index (χ1v) is 9.57. The number of halogens is 3. The summed E-state index contributed by atoms with van der Waals surface area (Å²) in [7, 11) is 0. The second-order valence-electron chi connectivity index (χ2n) is 7.03. The lowest BCUT2D eigenvalue weighted by Crippen LogP contribution is -2.22. The highest BCUT2D eigenvalue weighted by Crippen LogP contribution is 2.32. The topological polar surface area (TPSA) is 94.7 Å². The molecule has 0 saturated heterocycles. The van der Waals surface area contributed by atoms with Crippen LogP contribution < -0.4 is 10.7 Å². The standard InChI is InChI=1S/C24H15F3N2O4/c25-24(26,27)14-6-5-7-15(12-14)29-21(30)17-9-2-1-8-16(17)19(22(29)31)13-28-20-11-4-3-10-18(20)23(32)33/h1-13,31H,(H,32,33)/p-1. The van der Waals surface area contributed by atoms with Gasteiger partial charge in [0.15, 0.2) is 0 Å². The summed E-state index contributed by atoms with van der Waals surface area (Å²) in [4.78, 5) is 28.5. The fraction of sp³-hybridized carbons (Fsp3) is 0.0417. The van der Waals surface area contributed by atoms with E-state index in [0.29, 0.717) is 0 Å². The summed E-state index contributed by atoms with van der Waals surface area (Å²) in [5.74, 6) is -2.10. The van der Waals surface area contributed by atoms with Crippen LogP contribution in [0.2, 0.25) is 0 Å². The first-order chi connectivity index (χ1) is 15.7. The van der Waals surface area contributed by atoms with Crippen molar-refractivity contribution >= 4 is 28.6 Å². The minimum atomic E-state index is -4.65. The number of hydrogen-bond acceptors (Lipinski definition) is 5. The molecule has 9 heteroatoms. The van der Waals surface area contributed by atoms with Crippen molar-refractivity contribution in [2.75, 3.05) is 0 Å². The molecule has 33 heavy (non-hydrogen) atoms. The number of pyridine rings is 1. The molecule has 1 N–H and O–H groups in total. The van der Waals surface area contributed by atoms with Gasteiger partial charge in [-0.25, -0.2) is 4.57 Å². The average Bonchev–Trinajstić information content (AvgIpc) is 2.79. The molecule has 0 aliphatic heterocycles. The smallest absolute Gasteiger partial charge is 0.416 e. The van der Waals surface area contributed by atoms with Crippen molar-refractivity contribution in [1.29, 1.82) is 0 Å². The van der Waals surface area contributed by atoms with Crippen LogP contribution in [-0.2, 0) is 6.18 Å². The number of rotatable bonds is 4. The Morgan fingerprint density at radius 3 is 2.33 bits per heavy atom. The molecule has 1 aromatic heterocycles. The van der Waals surface area contributed by atoms with E-state index in [1.165, 1.54) is 30.3 Å². The maximum atomic E-state index is 13.2. The van der Waals surface area contributed by atoms with E-state index < -0.39 is 29.1 Å². The molecule has 0 atom stereocenters. The summed E-state index contributed by atoms with van der Waals surface area (Å²) in [6.45, 7) is 0. The molecule has 1 heterocycles. The lowest BCUT2D eigenvalue weighted by Gasteiger charge is -2.15. The largest absolute Gasteiger partial charge is 0.545 e. The predicted molar refractivity (Wildman–Crippen MR) is 114 cm³/mol. The van der Waals surface area contributed by atoms with Crippen molar-refractivity contribution in [1.82, 2.24) is 4.57 Å². The maximum Gasteiger partial charge on any atom is 0.416 e. The van der Waals surface area contributed by atoms with E-state index in [0.717, 1.165) is 29.0 Å². The van der Waals surface area contributed by atoms with Gasteiger partial charge in [0.05, 0.1) is 28.5 Å². The second-order valence-corrected chi connectivity index (χ2v) is 7.03. The normalized spacial score (nSPS) is 11.8. The molecule has 0 radical (unpaired) electrons. The summed E-state index contributed by atoms with van der Waals surface area (Å²) in [5, 5.41) is 22.7. The van der Waals surface area contributed by atoms with Crippen molar-refractivity contribution in [3.63, 3.8) is 0 Å². The molecule has 0 aliphatic carbocycles. The summed E-state index contributed by atoms with van der Waals surface area (Å²) in [6, 6.07) is 16.0. The SMILES string of the molecule is O=C([O-])c1ccccc1N=Cc1c(O)n(-c2cccc(C(F)(F)F)c2)c(=O)c2ccccc12. The van der Waals surface area contributed by atoms with Gasteiger partial charge in [-0.2, -0.15) is 13.2 Å². The number of carbonyl (C=O) groups excluding carboxylic acids is 1. The van der Waals surface area contributed by atoms with E-state index in [-0.39, 0.29) is 33.3 Å². The lowest BCUT2D eigenvalue weighted by molar-refractivity contribution is -0.254. The number of benzene rings is 3. The Bertz CT molecular complexity index is 1470. The predicted octanol–water partition coefficient (Wildman–Crippen LogP) is 3.83. The molecular weight excluding hydrogens is 437 g/mol. The summed E-state index contributed by atoms with van der Waals surface area (Å²) in [5.41, 5.74) is -2.03. The highest BCUT2D eigenvalue weighted by Gasteiger charge is 2.31. The summed E-state index contributed by atoms with van der Waals surface area (Å²) < 4.78 is 40.4. The first-order valence-electron chi connectivity index (χ1n) is 9.57. The van der Waals surface area contributed by atoms with Gasteiger partial charge in [0.1, 0.15) is 0 Å². The fourth-order valence-corrected chi connectivity index (χ4v) is 3.44. The minimum absolute atomic E-state index is 0.0239. The van der Waals surface area contributed by atoms with Gasteiger partial charge < -0.3 is 15.0 Å². The van der Waals surface area contributed by atoms with E-state index in [1.54, 1.807) is 24.3 Å². The van der Waals surface area contributed by atoms with Gasteiger partial charge in [0, 0.05) is 22.6 Å². The number of carboxylic acids is 1. The molecule has 0 spiro atoms. The molecule has 0 amide bonds. The fourth-order valence-electron chi connectivity index (χ4n) is 3.44. The molecule has 0 bridgehead atoms. The van der Waals surface area contributed by atoms with Crippen LogP contribution in [0.5, 0.6) is 5.88 Å². The molecule has 6 nitrogen and oxygen atoms in total. The highest BCUT2D eigenvalue weighted by molar-refractivity contribution is 6.03. The number of carbonyl (C=O) groups is 1. The monoisotopic (exact) mass is 451 g/mol. The summed E-state index contributed by atoms with van der Waals surface area (Å²) >= 11 is 0. The number of aromatic carboxylic acids is 1. The number of aromatic nitrogens is 1. The molecule has 4 rings (SSSR count). The second kappa shape index (κ2) is 8.27. The molecule has 4 aromatic rings. The maximum absolute atomic E-state index is 13.2. The van der Waals surface area contributed by atoms with Crippen LogP contribution in [-0.4, -0.2) is 21.9 Å². The van der Waals surface area contributed by atoms with Crippen molar-refractivity contribution in [2.45, 2.75) is 6.18 Å². The number of nitrogens with zero attached hydrogens (tertiary/aromatic N) is 2. The van der Waals surface area contributed by atoms with E-state index in [1.807, 2.05) is 0 Å². The van der Waals surface area contributed by atoms with E-state index >= 15 is 0 Å². The van der Waals surface area contributed by atoms with Gasteiger partial charge in [-0.1, -0.05) is 42.5 Å². The van der Waals surface area contributed by atoms with Crippen LogP contribution in [0.15, 0.2) is 82.6 Å². The number of fused-ring (bicyclic) bond motifs is 1. The molecule has 166 valence electrons. The lowest BCUT2D eigenvalue weighted by atomic mass is 10.1. The van der Waals surface area contributed by atoms with Crippen LogP contribution in [0, 0.1) is 0 Å². The van der Waals surface area contributed by atoms with Crippen molar-refractivity contribution in [2.24, 2.45) is 4.99 Å². The Morgan fingerprint density at radius 2 is 1.64 bits per heavy atom. The number of alkyl halides is 3. The van der Waals surface area contributed by atoms with E-state index in [9.17, 15) is 33.0 Å². The Hall–Kier alpha value is -4.40. The molecule has 0 unspecified atom stereocenters. The van der Waals surface area contributed by atoms with Crippen LogP contribution in [0.4, 0.5) is 18.9 Å². The van der Waals surface area contributed by atoms with Gasteiger partial charge in [0.25, 0.3) is 5.56 Å². The molecule has 0 aliphatic rings. The van der Waals surface area contributed by atoms with Gasteiger partial charge >= 0.3 is 6.18 Å². The van der Waals surface area contributed by atoms with Gasteiger partial charge in [-0.15, -0.1) is 0 Å². The number of hydrogen-bond donors (Lipinski definition) is 1. The van der Waals surface area contributed by atoms with E-state index in [4.69, 9.17) is 0 Å². The number of para-hydroxylation sites is 1. The molecule has 0 fully saturated rings. The van der Waals surface area contributed by atoms with Crippen LogP contribution in [0.25, 0.3) is 16.5 Å². The van der Waals surface area contributed by atoms with Gasteiger partial charge in [0.2, 0.25) is 5.88 Å². The Kier molecular flexibility index (Phi) is 5.47. The van der Waals surface area contributed by atoms with Crippen LogP contribution in [0.3, 0.4) is 0 Å². The number of aliphatic imine (C=N–C) groups is 1. The zero-order valence-electron chi connectivity index (χ0n) is 16.7. The van der Waals surface area contributed by atoms with Crippen LogP contribution in [0.1, 0.15) is 21.5 Å². The molecule has 3 aromatic carbocycles. The number of aromatic hydroxyl groups is 1. The zero-order valence-corrected chi connectivity index (χ0v) is 16.7. The average molecular weight is 451 g/mol. The van der Waals surface area contributed by atoms with Crippen molar-refractivity contribution in [3.05, 3.63) is 99.8 Å². The minimum Gasteiger partial charge on any atom is -0.545 e. The van der Waals surface area contributed by atoms with Crippen molar-refractivity contribution < 1.29 is 28.2 Å². The quantitative estimate of drug-likeness (QED) is 0.477. The zero-order chi connectivity index (χ0) is 23.8. The van der Waals surface area contributed by atoms with Gasteiger partial charge in [-0.05, 0) is 30.3 Å². The Balaban J connectivity index is 1.98. The van der Waals surface area contributed by atoms with Crippen LogP contribution >= 0.6 is 0 Å². The Morgan fingerprint density at radius 1 is 0.970 bits per heavy atom. The first kappa shape index (κ1) is 21.8. The Labute approximate surface area is 184 Å². The third-order valence-electron chi connectivity index (χ3n) is 4.99. The van der Waals surface area contributed by atoms with Crippen molar-refractivity contribution in [3.8, 4) is 11.6 Å². The molecule has 0 saturated carbocycles. The number of carboxylic acid groups (broad SMARTS) is 1. The third-order valence-corrected chi connectivity index (χ3v) is 4.99. The summed E-state index contributed by atoms with van der Waals surface area (Å²) in [6.07, 6.45) is -3.49. The highest BCUT2D eigenvalue weighted by atomic mass is 19.4. The van der Waals surface area contributed by atoms with Gasteiger partial charge in [-0.3, -0.25) is 9.79 Å².